The maximum atomic E-state index is 2.35. The molecule has 6 rings (SSSR count). The van der Waals surface area contributed by atoms with Crippen molar-refractivity contribution in [3.05, 3.63) is 150 Å². The molecule has 0 aliphatic heterocycles. The van der Waals surface area contributed by atoms with E-state index in [4.69, 9.17) is 0 Å². The van der Waals surface area contributed by atoms with Gasteiger partial charge in [0.2, 0.25) is 0 Å². The zero-order valence-electron chi connectivity index (χ0n) is 18.2. The molecular weight excluding hydrogens is 398 g/mol. The van der Waals surface area contributed by atoms with Crippen molar-refractivity contribution in [2.24, 2.45) is 0 Å². The van der Waals surface area contributed by atoms with Gasteiger partial charge >= 0.3 is 0 Å². The van der Waals surface area contributed by atoms with Crippen molar-refractivity contribution in [1.29, 1.82) is 0 Å². The fourth-order valence-electron chi connectivity index (χ4n) is 4.66. The summed E-state index contributed by atoms with van der Waals surface area (Å²) in [5.41, 5.74) is 8.48. The molecule has 0 spiro atoms. The molecule has 0 aliphatic rings. The van der Waals surface area contributed by atoms with Gasteiger partial charge in [-0.1, -0.05) is 109 Å². The van der Waals surface area contributed by atoms with Gasteiger partial charge in [0, 0.05) is 16.5 Å². The van der Waals surface area contributed by atoms with Crippen molar-refractivity contribution >= 4 is 33.5 Å². The average Bonchev–Trinajstić information content (AvgIpc) is 3.23. The zero-order chi connectivity index (χ0) is 22.0. The highest BCUT2D eigenvalue weighted by Crippen LogP contribution is 2.32. The fraction of sp³-hybridized carbons (Fsp3) is 0. The van der Waals surface area contributed by atoms with Crippen LogP contribution in [0.4, 0.5) is 0 Å². The van der Waals surface area contributed by atoms with E-state index in [2.05, 4.69) is 144 Å². The van der Waals surface area contributed by atoms with Crippen molar-refractivity contribution in [2.75, 3.05) is 0 Å². The third-order valence-corrected chi connectivity index (χ3v) is 6.21. The predicted octanol–water partition coefficient (Wildman–Crippen LogP) is 8.37. The van der Waals surface area contributed by atoms with Crippen LogP contribution in [0.5, 0.6) is 0 Å². The zero-order valence-corrected chi connectivity index (χ0v) is 18.2. The Labute approximate surface area is 193 Å². The first kappa shape index (κ1) is 19.3. The summed E-state index contributed by atoms with van der Waals surface area (Å²) in [4.78, 5) is 0. The van der Waals surface area contributed by atoms with Crippen LogP contribution in [0.2, 0.25) is 0 Å². The van der Waals surface area contributed by atoms with E-state index in [-0.39, 0.29) is 0 Å². The second kappa shape index (κ2) is 8.29. The second-order valence-corrected chi connectivity index (χ2v) is 8.25. The second-order valence-electron chi connectivity index (χ2n) is 8.25. The number of hydrogen-bond acceptors (Lipinski definition) is 0. The molecule has 5 aromatic carbocycles. The van der Waals surface area contributed by atoms with Crippen LogP contribution in [0.3, 0.4) is 0 Å². The van der Waals surface area contributed by atoms with Gasteiger partial charge < -0.3 is 4.57 Å². The lowest BCUT2D eigenvalue weighted by atomic mass is 9.96. The summed E-state index contributed by atoms with van der Waals surface area (Å²) in [6.45, 7) is 0. The van der Waals surface area contributed by atoms with Crippen LogP contribution in [0, 0.1) is 0 Å². The third-order valence-electron chi connectivity index (χ3n) is 6.21. The minimum Gasteiger partial charge on any atom is -0.309 e. The molecule has 1 heteroatoms. The SMILES string of the molecule is C(=C(c1ccccc1)c1ccccc1)c1ccc(-n2c3ccccc3c3ccccc32)cc1. The molecule has 0 saturated carbocycles. The first-order valence-corrected chi connectivity index (χ1v) is 11.3. The van der Waals surface area contributed by atoms with Crippen LogP contribution in [0.25, 0.3) is 39.1 Å². The van der Waals surface area contributed by atoms with Crippen molar-refractivity contribution in [3.63, 3.8) is 0 Å². The lowest BCUT2D eigenvalue weighted by Crippen LogP contribution is -1.93. The number of fused-ring (bicyclic) bond motifs is 3. The number of hydrogen-bond donors (Lipinski definition) is 0. The Bertz CT molecular complexity index is 1480. The van der Waals surface area contributed by atoms with Gasteiger partial charge in [-0.25, -0.2) is 0 Å². The maximum absolute atomic E-state index is 2.35. The van der Waals surface area contributed by atoms with E-state index in [1.165, 1.54) is 49.8 Å². The largest absolute Gasteiger partial charge is 0.309 e. The van der Waals surface area contributed by atoms with E-state index in [0.717, 1.165) is 0 Å². The van der Waals surface area contributed by atoms with Gasteiger partial charge in [0.05, 0.1) is 11.0 Å². The first-order valence-electron chi connectivity index (χ1n) is 11.3. The summed E-state index contributed by atoms with van der Waals surface area (Å²) in [5.74, 6) is 0. The summed E-state index contributed by atoms with van der Waals surface area (Å²) in [6, 6.07) is 47.3. The average molecular weight is 422 g/mol. The highest BCUT2D eigenvalue weighted by Gasteiger charge is 2.11. The monoisotopic (exact) mass is 421 g/mol. The van der Waals surface area contributed by atoms with Gasteiger partial charge in [0.15, 0.2) is 0 Å². The summed E-state index contributed by atoms with van der Waals surface area (Å²) < 4.78 is 2.35. The molecule has 6 aromatic rings. The normalized spacial score (nSPS) is 11.0. The molecule has 0 unspecified atom stereocenters. The van der Waals surface area contributed by atoms with Gasteiger partial charge in [-0.05, 0) is 52.6 Å². The Balaban J connectivity index is 1.47. The Morgan fingerprint density at radius 3 is 1.42 bits per heavy atom. The van der Waals surface area contributed by atoms with Crippen LogP contribution in [0.15, 0.2) is 133 Å². The van der Waals surface area contributed by atoms with Crippen molar-refractivity contribution in [2.45, 2.75) is 0 Å². The van der Waals surface area contributed by atoms with Gasteiger partial charge in [-0.2, -0.15) is 0 Å². The predicted molar refractivity (Wildman–Crippen MR) is 141 cm³/mol. The minimum atomic E-state index is 1.17. The molecule has 0 N–H and O–H groups in total. The van der Waals surface area contributed by atoms with Gasteiger partial charge in [0.25, 0.3) is 0 Å². The molecule has 0 amide bonds. The molecule has 0 radical (unpaired) electrons. The van der Waals surface area contributed by atoms with E-state index in [1.807, 2.05) is 0 Å². The van der Waals surface area contributed by atoms with Gasteiger partial charge in [-0.15, -0.1) is 0 Å². The number of rotatable bonds is 4. The Morgan fingerprint density at radius 2 is 0.909 bits per heavy atom. The number of para-hydroxylation sites is 2. The lowest BCUT2D eigenvalue weighted by molar-refractivity contribution is 1.18. The summed E-state index contributed by atoms with van der Waals surface area (Å²) in [6.07, 6.45) is 2.28. The van der Waals surface area contributed by atoms with Gasteiger partial charge in [-0.3, -0.25) is 0 Å². The Hall–Kier alpha value is -4.36. The summed E-state index contributed by atoms with van der Waals surface area (Å²) in [5, 5.41) is 2.57. The standard InChI is InChI=1S/C32H23N/c1-3-11-25(12-4-1)30(26-13-5-2-6-14-26)23-24-19-21-27(22-20-24)33-31-17-9-7-15-28(31)29-16-8-10-18-32(29)33/h1-23H. The molecule has 1 nitrogen and oxygen atoms in total. The topological polar surface area (TPSA) is 4.93 Å². The van der Waals surface area contributed by atoms with Crippen LogP contribution >= 0.6 is 0 Å². The van der Waals surface area contributed by atoms with Crippen LogP contribution in [0.1, 0.15) is 16.7 Å². The molecule has 0 bridgehead atoms. The van der Waals surface area contributed by atoms with Crippen LogP contribution < -0.4 is 0 Å². The lowest BCUT2D eigenvalue weighted by Gasteiger charge is -2.11. The molecule has 1 aromatic heterocycles. The molecule has 0 fully saturated rings. The fourth-order valence-corrected chi connectivity index (χ4v) is 4.66. The quantitative estimate of drug-likeness (QED) is 0.252. The highest BCUT2D eigenvalue weighted by atomic mass is 15.0. The number of nitrogens with zero attached hydrogens (tertiary/aromatic N) is 1. The van der Waals surface area contributed by atoms with Crippen molar-refractivity contribution in [1.82, 2.24) is 4.57 Å². The molecule has 0 aliphatic carbocycles. The van der Waals surface area contributed by atoms with E-state index in [9.17, 15) is 0 Å². The third kappa shape index (κ3) is 3.54. The number of benzene rings is 5. The van der Waals surface area contributed by atoms with Gasteiger partial charge in [0.1, 0.15) is 0 Å². The Morgan fingerprint density at radius 1 is 0.455 bits per heavy atom. The van der Waals surface area contributed by atoms with E-state index >= 15 is 0 Å². The number of aromatic nitrogens is 1. The molecular formula is C32H23N. The minimum absolute atomic E-state index is 1.17. The van der Waals surface area contributed by atoms with E-state index in [0.29, 0.717) is 0 Å². The first-order chi connectivity index (χ1) is 16.4. The Kier molecular flexibility index (Phi) is 4.86. The molecule has 0 saturated heterocycles. The smallest absolute Gasteiger partial charge is 0.0541 e. The molecule has 33 heavy (non-hydrogen) atoms. The van der Waals surface area contributed by atoms with Crippen molar-refractivity contribution < 1.29 is 0 Å². The van der Waals surface area contributed by atoms with E-state index < -0.39 is 0 Å². The highest BCUT2D eigenvalue weighted by molar-refractivity contribution is 6.09. The van der Waals surface area contributed by atoms with Crippen LogP contribution in [-0.4, -0.2) is 4.57 Å². The summed E-state index contributed by atoms with van der Waals surface area (Å²) >= 11 is 0. The van der Waals surface area contributed by atoms with E-state index in [1.54, 1.807) is 0 Å². The summed E-state index contributed by atoms with van der Waals surface area (Å²) in [7, 11) is 0. The van der Waals surface area contributed by atoms with Crippen molar-refractivity contribution in [3.8, 4) is 5.69 Å². The van der Waals surface area contributed by atoms with Crippen LogP contribution in [-0.2, 0) is 0 Å². The molecule has 156 valence electrons. The maximum Gasteiger partial charge on any atom is 0.0541 e. The molecule has 1 heterocycles. The molecule has 0 atom stereocenters.